The number of carbonyl (C=O) groups is 2. The van der Waals surface area contributed by atoms with Crippen LogP contribution in [-0.2, 0) is 33.5 Å². The number of rotatable bonds is 6. The predicted octanol–water partition coefficient (Wildman–Crippen LogP) is 2.13. The molecule has 138 valence electrons. The summed E-state index contributed by atoms with van der Waals surface area (Å²) < 4.78 is 13.3. The Kier molecular flexibility index (Phi) is 5.28. The molecule has 9 heteroatoms. The van der Waals surface area contributed by atoms with Crippen LogP contribution in [0.3, 0.4) is 0 Å². The summed E-state index contributed by atoms with van der Waals surface area (Å²) in [4.78, 5) is 29.0. The van der Waals surface area contributed by atoms with Gasteiger partial charge in [0.1, 0.15) is 23.6 Å². The van der Waals surface area contributed by atoms with E-state index in [1.165, 1.54) is 4.90 Å². The van der Waals surface area contributed by atoms with Crippen molar-refractivity contribution in [2.45, 2.75) is 12.2 Å². The van der Waals surface area contributed by atoms with E-state index in [-0.39, 0.29) is 19.7 Å². The lowest BCUT2D eigenvalue weighted by atomic mass is 9.93. The van der Waals surface area contributed by atoms with Crippen molar-refractivity contribution in [2.24, 2.45) is 7.05 Å². The average Bonchev–Trinajstić information content (AvgIpc) is 2.91. The summed E-state index contributed by atoms with van der Waals surface area (Å²) in [5.74, 6) is -0.527. The van der Waals surface area contributed by atoms with Gasteiger partial charge < -0.3 is 24.0 Å². The van der Waals surface area contributed by atoms with Crippen LogP contribution in [0.2, 0.25) is 0 Å². The van der Waals surface area contributed by atoms with Gasteiger partial charge in [-0.25, -0.2) is 14.6 Å². The van der Waals surface area contributed by atoms with Crippen molar-refractivity contribution < 1.29 is 24.2 Å². The maximum atomic E-state index is 12.2. The number of benzene rings is 1. The van der Waals surface area contributed by atoms with E-state index in [1.54, 1.807) is 17.8 Å². The first-order chi connectivity index (χ1) is 12.4. The summed E-state index contributed by atoms with van der Waals surface area (Å²) >= 11 is 3.29. The van der Waals surface area contributed by atoms with Crippen LogP contribution in [0.1, 0.15) is 11.4 Å². The fourth-order valence-electron chi connectivity index (χ4n) is 2.86. The first-order valence-corrected chi connectivity index (χ1v) is 8.70. The van der Waals surface area contributed by atoms with Crippen molar-refractivity contribution in [3.8, 4) is 0 Å². The summed E-state index contributed by atoms with van der Waals surface area (Å²) in [6.45, 7) is 0.0425. The average molecular weight is 424 g/mol. The molecular weight excluding hydrogens is 406 g/mol. The summed E-state index contributed by atoms with van der Waals surface area (Å²) in [6, 6.07) is 9.37. The van der Waals surface area contributed by atoms with Gasteiger partial charge in [-0.15, -0.1) is 0 Å². The molecule has 1 aliphatic heterocycles. The first-order valence-electron chi connectivity index (χ1n) is 7.90. The van der Waals surface area contributed by atoms with Gasteiger partial charge in [0.05, 0.1) is 13.1 Å². The fourth-order valence-corrected chi connectivity index (χ4v) is 3.34. The van der Waals surface area contributed by atoms with Crippen molar-refractivity contribution in [3.63, 3.8) is 0 Å². The van der Waals surface area contributed by atoms with Crippen molar-refractivity contribution in [2.75, 3.05) is 19.7 Å². The number of carbonyl (C=O) groups excluding carboxylic acids is 1. The van der Waals surface area contributed by atoms with Crippen LogP contribution < -0.4 is 0 Å². The highest BCUT2D eigenvalue weighted by molar-refractivity contribution is 9.10. The number of carboxylic acids is 1. The molecule has 0 unspecified atom stereocenters. The molecule has 1 N–H and O–H groups in total. The zero-order chi connectivity index (χ0) is 18.7. The number of carboxylic acid groups (broad SMARTS) is 1. The molecule has 0 atom stereocenters. The minimum absolute atomic E-state index is 0.172. The summed E-state index contributed by atoms with van der Waals surface area (Å²) in [5.41, 5.74) is -0.0759. The maximum Gasteiger partial charge on any atom is 0.410 e. The standard InChI is InChI=1S/C17H18BrN3O5/c1-20-7-13(18)19-15(20)17(26-9-14(22)23)10-21(11-17)16(24)25-8-12-5-3-2-4-6-12/h2-7H,8-11H2,1H3,(H,22,23). The van der Waals surface area contributed by atoms with Crippen molar-refractivity contribution in [1.82, 2.24) is 14.5 Å². The van der Waals surface area contributed by atoms with E-state index in [2.05, 4.69) is 20.9 Å². The third kappa shape index (κ3) is 3.88. The molecular formula is C17H18BrN3O5. The quantitative estimate of drug-likeness (QED) is 0.764. The van der Waals surface area contributed by atoms with E-state index in [0.29, 0.717) is 10.4 Å². The van der Waals surface area contributed by atoms with Gasteiger partial charge >= 0.3 is 12.1 Å². The second kappa shape index (κ2) is 7.46. The van der Waals surface area contributed by atoms with Gasteiger partial charge in [0.2, 0.25) is 0 Å². The lowest BCUT2D eigenvalue weighted by Crippen LogP contribution is -2.63. The van der Waals surface area contributed by atoms with Gasteiger partial charge in [-0.05, 0) is 21.5 Å². The molecule has 2 aromatic rings. The van der Waals surface area contributed by atoms with Crippen LogP contribution in [-0.4, -0.2) is 51.3 Å². The van der Waals surface area contributed by atoms with E-state index < -0.39 is 24.3 Å². The Bertz CT molecular complexity index is 802. The molecule has 8 nitrogen and oxygen atoms in total. The smallest absolute Gasteiger partial charge is 0.410 e. The van der Waals surface area contributed by atoms with Gasteiger partial charge in [0, 0.05) is 13.2 Å². The number of hydrogen-bond donors (Lipinski definition) is 1. The SMILES string of the molecule is Cn1cc(Br)nc1C1(OCC(=O)O)CN(C(=O)OCc2ccccc2)C1. The second-order valence-electron chi connectivity index (χ2n) is 6.07. The van der Waals surface area contributed by atoms with Gasteiger partial charge in [-0.3, -0.25) is 0 Å². The number of halogens is 1. The third-order valence-electron chi connectivity index (χ3n) is 4.08. The number of aryl methyl sites for hydroxylation is 1. The monoisotopic (exact) mass is 423 g/mol. The molecule has 0 aliphatic carbocycles. The number of aromatic nitrogens is 2. The Morgan fingerprint density at radius 2 is 2.00 bits per heavy atom. The highest BCUT2D eigenvalue weighted by Gasteiger charge is 2.51. The molecule has 3 rings (SSSR count). The molecule has 0 spiro atoms. The topological polar surface area (TPSA) is 93.9 Å². The zero-order valence-electron chi connectivity index (χ0n) is 14.1. The Hall–Kier alpha value is -2.39. The number of hydrogen-bond acceptors (Lipinski definition) is 5. The highest BCUT2D eigenvalue weighted by Crippen LogP contribution is 2.36. The van der Waals surface area contributed by atoms with E-state index in [0.717, 1.165) is 5.56 Å². The summed E-state index contributed by atoms with van der Waals surface area (Å²) in [5, 5.41) is 8.94. The number of amides is 1. The predicted molar refractivity (Wildman–Crippen MR) is 94.4 cm³/mol. The molecule has 0 saturated carbocycles. The first kappa shape index (κ1) is 18.4. The summed E-state index contributed by atoms with van der Waals surface area (Å²) in [6.07, 6.45) is 1.27. The molecule has 2 heterocycles. The number of imidazole rings is 1. The van der Waals surface area contributed by atoms with Crippen LogP contribution in [0.25, 0.3) is 0 Å². The van der Waals surface area contributed by atoms with Crippen LogP contribution in [0.15, 0.2) is 41.1 Å². The maximum absolute atomic E-state index is 12.2. The molecule has 26 heavy (non-hydrogen) atoms. The van der Waals surface area contributed by atoms with Crippen LogP contribution in [0.5, 0.6) is 0 Å². The molecule has 0 bridgehead atoms. The number of nitrogens with zero attached hydrogens (tertiary/aromatic N) is 3. The van der Waals surface area contributed by atoms with Crippen LogP contribution in [0.4, 0.5) is 4.79 Å². The zero-order valence-corrected chi connectivity index (χ0v) is 15.7. The molecule has 1 aliphatic rings. The normalized spacial score (nSPS) is 15.4. The third-order valence-corrected chi connectivity index (χ3v) is 4.46. The minimum atomic E-state index is -1.08. The van der Waals surface area contributed by atoms with E-state index in [9.17, 15) is 9.59 Å². The number of ether oxygens (including phenoxy) is 2. The number of aliphatic carboxylic acids is 1. The van der Waals surface area contributed by atoms with Gasteiger partial charge in [0.15, 0.2) is 5.60 Å². The van der Waals surface area contributed by atoms with E-state index in [1.807, 2.05) is 30.3 Å². The highest BCUT2D eigenvalue weighted by atomic mass is 79.9. The number of likely N-dealkylation sites (tertiary alicyclic amines) is 1. The molecule has 1 fully saturated rings. The Balaban J connectivity index is 1.65. The van der Waals surface area contributed by atoms with Crippen LogP contribution in [0, 0.1) is 0 Å². The fraction of sp³-hybridized carbons (Fsp3) is 0.353. The Labute approximate surface area is 158 Å². The van der Waals surface area contributed by atoms with Gasteiger partial charge in [-0.1, -0.05) is 30.3 Å². The molecule has 1 aromatic heterocycles. The van der Waals surface area contributed by atoms with E-state index in [4.69, 9.17) is 14.6 Å². The Morgan fingerprint density at radius 3 is 2.58 bits per heavy atom. The molecule has 0 radical (unpaired) electrons. The summed E-state index contributed by atoms with van der Waals surface area (Å²) in [7, 11) is 1.79. The lowest BCUT2D eigenvalue weighted by molar-refractivity contribution is -0.171. The largest absolute Gasteiger partial charge is 0.480 e. The van der Waals surface area contributed by atoms with Crippen molar-refractivity contribution in [1.29, 1.82) is 0 Å². The molecule has 1 aromatic carbocycles. The van der Waals surface area contributed by atoms with Gasteiger partial charge in [-0.2, -0.15) is 0 Å². The molecule has 1 amide bonds. The van der Waals surface area contributed by atoms with E-state index >= 15 is 0 Å². The van der Waals surface area contributed by atoms with Crippen molar-refractivity contribution >= 4 is 28.0 Å². The molecule has 1 saturated heterocycles. The van der Waals surface area contributed by atoms with Crippen molar-refractivity contribution in [3.05, 3.63) is 52.5 Å². The van der Waals surface area contributed by atoms with Crippen LogP contribution >= 0.6 is 15.9 Å². The lowest BCUT2D eigenvalue weighted by Gasteiger charge is -2.47. The Morgan fingerprint density at radius 1 is 1.31 bits per heavy atom. The minimum Gasteiger partial charge on any atom is -0.480 e. The second-order valence-corrected chi connectivity index (χ2v) is 6.88. The van der Waals surface area contributed by atoms with Gasteiger partial charge in [0.25, 0.3) is 0 Å².